The van der Waals surface area contributed by atoms with E-state index in [9.17, 15) is 4.79 Å². The molecule has 1 aromatic rings. The first-order chi connectivity index (χ1) is 8.28. The smallest absolute Gasteiger partial charge is 0.188 e. The summed E-state index contributed by atoms with van der Waals surface area (Å²) >= 11 is 0. The average Bonchev–Trinajstić information content (AvgIpc) is 2.37. The molecule has 0 bridgehead atoms. The van der Waals surface area contributed by atoms with Gasteiger partial charge < -0.3 is 14.2 Å². The van der Waals surface area contributed by atoms with E-state index < -0.39 is 0 Å². The van der Waals surface area contributed by atoms with Gasteiger partial charge >= 0.3 is 0 Å². The Morgan fingerprint density at radius 2 is 2.12 bits per heavy atom. The van der Waals surface area contributed by atoms with Crippen LogP contribution in [0, 0.1) is 0 Å². The number of hydrogen-bond acceptors (Lipinski definition) is 4. The minimum Gasteiger partial charge on any atom is -0.493 e. The third-order valence-electron chi connectivity index (χ3n) is 2.28. The summed E-state index contributed by atoms with van der Waals surface area (Å²) in [4.78, 5) is 11.0. The fourth-order valence-electron chi connectivity index (χ4n) is 1.52. The third kappa shape index (κ3) is 3.07. The minimum absolute atomic E-state index is 0.100. The van der Waals surface area contributed by atoms with Gasteiger partial charge in [0.1, 0.15) is 6.29 Å². The molecule has 0 atom stereocenters. The molecule has 0 radical (unpaired) electrons. The van der Waals surface area contributed by atoms with E-state index in [1.165, 1.54) is 7.11 Å². The molecule has 17 heavy (non-hydrogen) atoms. The SMILES string of the molecule is C=CCc1c(C=O)ccc(OC)c1OCOC. The lowest BCUT2D eigenvalue weighted by Gasteiger charge is -2.15. The fraction of sp³-hybridized carbons (Fsp3) is 0.308. The van der Waals surface area contributed by atoms with Gasteiger partial charge in [-0.15, -0.1) is 6.58 Å². The second kappa shape index (κ2) is 6.70. The van der Waals surface area contributed by atoms with Gasteiger partial charge in [0.2, 0.25) is 0 Å². The van der Waals surface area contributed by atoms with Crippen molar-refractivity contribution in [3.8, 4) is 11.5 Å². The molecule has 0 spiro atoms. The van der Waals surface area contributed by atoms with Crippen LogP contribution in [0.3, 0.4) is 0 Å². The van der Waals surface area contributed by atoms with Crippen molar-refractivity contribution < 1.29 is 19.0 Å². The second-order valence-electron chi connectivity index (χ2n) is 3.33. The Labute approximate surface area is 101 Å². The Balaban J connectivity index is 3.24. The Kier molecular flexibility index (Phi) is 5.23. The molecule has 0 unspecified atom stereocenters. The van der Waals surface area contributed by atoms with Crippen molar-refractivity contribution in [1.29, 1.82) is 0 Å². The highest BCUT2D eigenvalue weighted by Gasteiger charge is 2.14. The maximum absolute atomic E-state index is 11.0. The number of carbonyl (C=O) groups is 1. The van der Waals surface area contributed by atoms with Crippen molar-refractivity contribution in [3.63, 3.8) is 0 Å². The monoisotopic (exact) mass is 236 g/mol. The van der Waals surface area contributed by atoms with Crippen LogP contribution < -0.4 is 9.47 Å². The number of methoxy groups -OCH3 is 2. The summed E-state index contributed by atoms with van der Waals surface area (Å²) < 4.78 is 15.5. The van der Waals surface area contributed by atoms with Crippen molar-refractivity contribution in [2.75, 3.05) is 21.0 Å². The summed E-state index contributed by atoms with van der Waals surface area (Å²) in [5.74, 6) is 1.10. The lowest BCUT2D eigenvalue weighted by molar-refractivity contribution is 0.0484. The molecule has 0 N–H and O–H groups in total. The van der Waals surface area contributed by atoms with Crippen LogP contribution >= 0.6 is 0 Å². The predicted molar refractivity (Wildman–Crippen MR) is 64.8 cm³/mol. The minimum atomic E-state index is 0.100. The number of ether oxygens (including phenoxy) is 3. The molecule has 0 aliphatic heterocycles. The molecule has 0 aromatic heterocycles. The van der Waals surface area contributed by atoms with E-state index in [1.807, 2.05) is 0 Å². The van der Waals surface area contributed by atoms with E-state index in [2.05, 4.69) is 6.58 Å². The summed E-state index contributed by atoms with van der Waals surface area (Å²) in [7, 11) is 3.08. The van der Waals surface area contributed by atoms with Gasteiger partial charge in [0.25, 0.3) is 0 Å². The summed E-state index contributed by atoms with van der Waals surface area (Å²) in [6.45, 7) is 3.76. The molecular formula is C13H16O4. The van der Waals surface area contributed by atoms with Crippen LogP contribution in [-0.2, 0) is 11.2 Å². The van der Waals surface area contributed by atoms with Crippen LogP contribution in [0.2, 0.25) is 0 Å². The first-order valence-electron chi connectivity index (χ1n) is 5.16. The molecule has 4 heteroatoms. The van der Waals surface area contributed by atoms with Gasteiger partial charge in [-0.2, -0.15) is 0 Å². The van der Waals surface area contributed by atoms with Gasteiger partial charge in [-0.3, -0.25) is 4.79 Å². The first kappa shape index (κ1) is 13.3. The molecule has 0 saturated carbocycles. The molecular weight excluding hydrogens is 220 g/mol. The van der Waals surface area contributed by atoms with E-state index in [-0.39, 0.29) is 6.79 Å². The Bertz CT molecular complexity index is 399. The molecule has 92 valence electrons. The number of carbonyl (C=O) groups excluding carboxylic acids is 1. The number of benzene rings is 1. The maximum Gasteiger partial charge on any atom is 0.188 e. The van der Waals surface area contributed by atoms with E-state index in [1.54, 1.807) is 25.3 Å². The highest BCUT2D eigenvalue weighted by Crippen LogP contribution is 2.33. The van der Waals surface area contributed by atoms with E-state index >= 15 is 0 Å². The standard InChI is InChI=1S/C13H16O4/c1-4-5-11-10(8-14)6-7-12(16-3)13(11)17-9-15-2/h4,6-8H,1,5,9H2,2-3H3. The zero-order chi connectivity index (χ0) is 12.7. The van der Waals surface area contributed by atoms with Gasteiger partial charge in [0.05, 0.1) is 7.11 Å². The maximum atomic E-state index is 11.0. The summed E-state index contributed by atoms with van der Waals surface area (Å²) in [5.41, 5.74) is 1.32. The second-order valence-corrected chi connectivity index (χ2v) is 3.33. The number of rotatable bonds is 7. The van der Waals surface area contributed by atoms with Crippen LogP contribution in [0.5, 0.6) is 11.5 Å². The Morgan fingerprint density at radius 1 is 1.35 bits per heavy atom. The van der Waals surface area contributed by atoms with Crippen molar-refractivity contribution >= 4 is 6.29 Å². The van der Waals surface area contributed by atoms with Crippen molar-refractivity contribution in [1.82, 2.24) is 0 Å². The van der Waals surface area contributed by atoms with Crippen molar-refractivity contribution in [2.45, 2.75) is 6.42 Å². The van der Waals surface area contributed by atoms with Crippen LogP contribution in [0.25, 0.3) is 0 Å². The fourth-order valence-corrected chi connectivity index (χ4v) is 1.52. The van der Waals surface area contributed by atoms with Crippen molar-refractivity contribution in [2.24, 2.45) is 0 Å². The van der Waals surface area contributed by atoms with Gasteiger partial charge in [-0.05, 0) is 18.6 Å². The molecule has 0 saturated heterocycles. The first-order valence-corrected chi connectivity index (χ1v) is 5.16. The van der Waals surface area contributed by atoms with Crippen LogP contribution in [0.1, 0.15) is 15.9 Å². The van der Waals surface area contributed by atoms with E-state index in [4.69, 9.17) is 14.2 Å². The average molecular weight is 236 g/mol. The zero-order valence-corrected chi connectivity index (χ0v) is 10.1. The van der Waals surface area contributed by atoms with Gasteiger partial charge in [0.15, 0.2) is 18.3 Å². The molecule has 4 nitrogen and oxygen atoms in total. The molecule has 0 heterocycles. The van der Waals surface area contributed by atoms with E-state index in [0.717, 1.165) is 11.8 Å². The van der Waals surface area contributed by atoms with Crippen LogP contribution in [-0.4, -0.2) is 27.3 Å². The largest absolute Gasteiger partial charge is 0.493 e. The molecule has 0 amide bonds. The normalized spacial score (nSPS) is 9.76. The highest BCUT2D eigenvalue weighted by molar-refractivity contribution is 5.80. The Morgan fingerprint density at radius 3 is 2.65 bits per heavy atom. The molecule has 0 aliphatic rings. The predicted octanol–water partition coefficient (Wildman–Crippen LogP) is 2.22. The number of allylic oxidation sites excluding steroid dienone is 1. The lowest BCUT2D eigenvalue weighted by atomic mass is 10.0. The molecule has 1 aromatic carbocycles. The molecule has 0 fully saturated rings. The van der Waals surface area contributed by atoms with Crippen LogP contribution in [0.15, 0.2) is 24.8 Å². The highest BCUT2D eigenvalue weighted by atomic mass is 16.7. The summed E-state index contributed by atoms with van der Waals surface area (Å²) in [6.07, 6.45) is 3.03. The van der Waals surface area contributed by atoms with Crippen molar-refractivity contribution in [3.05, 3.63) is 35.9 Å². The Hall–Kier alpha value is -1.81. The summed E-state index contributed by atoms with van der Waals surface area (Å²) in [5, 5.41) is 0. The number of hydrogen-bond donors (Lipinski definition) is 0. The lowest BCUT2D eigenvalue weighted by Crippen LogP contribution is -2.05. The summed E-state index contributed by atoms with van der Waals surface area (Å²) in [6, 6.07) is 3.39. The van der Waals surface area contributed by atoms with E-state index in [0.29, 0.717) is 23.5 Å². The molecule has 0 aliphatic carbocycles. The van der Waals surface area contributed by atoms with Gasteiger partial charge in [-0.25, -0.2) is 0 Å². The number of aldehydes is 1. The van der Waals surface area contributed by atoms with Gasteiger partial charge in [0, 0.05) is 18.2 Å². The molecule has 1 rings (SSSR count). The van der Waals surface area contributed by atoms with Crippen LogP contribution in [0.4, 0.5) is 0 Å². The third-order valence-corrected chi connectivity index (χ3v) is 2.28. The quantitative estimate of drug-likeness (QED) is 0.413. The topological polar surface area (TPSA) is 44.8 Å². The van der Waals surface area contributed by atoms with Gasteiger partial charge in [-0.1, -0.05) is 6.08 Å². The zero-order valence-electron chi connectivity index (χ0n) is 10.1.